The fraction of sp³-hybridized carbons (Fsp3) is 0.455. The molecular weight excluding hydrogens is 548 g/mol. The normalized spacial score (nSPS) is 11.8. The van der Waals surface area contributed by atoms with Gasteiger partial charge in [-0.3, -0.25) is 19.2 Å². The first-order valence-electron chi connectivity index (χ1n) is 10.8. The van der Waals surface area contributed by atoms with E-state index in [1.165, 1.54) is 23.9 Å². The number of thioether (sulfide) groups is 1. The molecule has 0 amide bonds. The Bertz CT molecular complexity index is 1160. The molecule has 12 nitrogen and oxygen atoms in total. The second-order valence-corrected chi connectivity index (χ2v) is 9.34. The molecule has 0 aliphatic rings. The van der Waals surface area contributed by atoms with Crippen LogP contribution in [0.5, 0.6) is 11.5 Å². The number of carboxylic acids is 2. The zero-order valence-electron chi connectivity index (χ0n) is 20.4. The minimum Gasteiger partial charge on any atom is -0.503 e. The Morgan fingerprint density at radius 1 is 0.973 bits per heavy atom. The summed E-state index contributed by atoms with van der Waals surface area (Å²) >= 11 is 10.6. The smallest absolute Gasteiger partial charge is 0.321 e. The Balaban J connectivity index is -0.000000257. The van der Waals surface area contributed by atoms with Crippen molar-refractivity contribution in [1.82, 2.24) is 9.13 Å². The van der Waals surface area contributed by atoms with Gasteiger partial charge in [0.05, 0.1) is 11.4 Å². The van der Waals surface area contributed by atoms with Crippen molar-refractivity contribution >= 4 is 47.9 Å². The van der Waals surface area contributed by atoms with Crippen molar-refractivity contribution in [2.45, 2.75) is 39.0 Å². The van der Waals surface area contributed by atoms with E-state index in [0.717, 1.165) is 0 Å². The number of thiol groups is 1. The minimum absolute atomic E-state index is 0. The van der Waals surface area contributed by atoms with Gasteiger partial charge in [0, 0.05) is 65.0 Å². The fourth-order valence-electron chi connectivity index (χ4n) is 2.42. The third-order valence-corrected chi connectivity index (χ3v) is 6.38. The molecule has 2 aromatic rings. The second-order valence-electron chi connectivity index (χ2n) is 7.45. The summed E-state index contributed by atoms with van der Waals surface area (Å²) in [5.74, 6) is -0.814. The summed E-state index contributed by atoms with van der Waals surface area (Å²) in [4.78, 5) is 42.3. The molecule has 0 fully saturated rings. The molecule has 2 heterocycles. The standard InChI is InChI=1S/C11H16N2O4S.C8H10ClNO2.C3H7NO2S.3H2/c1-7-10(15)9(14)2-3-13(7)4-5-18-6-8(12)11(16)17;1-6-8(12)7(11)2-4-10(6)5-3-9;4-2(1-7)3(5)6;;;/h2-3,8,15H,4-6,12H2,1H3,(H,16,17);2,4,12H,3,5H2,1H3;2,7H,1,4H2,(H,5,6);3*1H/t8-;;2-;;;/m0.0.../s1. The van der Waals surface area contributed by atoms with Gasteiger partial charge >= 0.3 is 11.9 Å². The average molecular weight is 587 g/mol. The largest absolute Gasteiger partial charge is 0.503 e. The van der Waals surface area contributed by atoms with E-state index in [9.17, 15) is 29.4 Å². The predicted molar refractivity (Wildman–Crippen MR) is 154 cm³/mol. The number of aromatic nitrogens is 2. The van der Waals surface area contributed by atoms with Crippen LogP contribution in [0.15, 0.2) is 34.1 Å². The average Bonchev–Trinajstić information content (AvgIpc) is 2.86. The topological polar surface area (TPSA) is 211 Å². The quantitative estimate of drug-likeness (QED) is 0.119. The maximum Gasteiger partial charge on any atom is 0.321 e. The Labute approximate surface area is 232 Å². The summed E-state index contributed by atoms with van der Waals surface area (Å²) in [6.07, 6.45) is 3.23. The van der Waals surface area contributed by atoms with Crippen molar-refractivity contribution in [3.05, 3.63) is 56.4 Å². The summed E-state index contributed by atoms with van der Waals surface area (Å²) < 4.78 is 3.49. The Hall–Kier alpha value is -2.65. The van der Waals surface area contributed by atoms with Crippen molar-refractivity contribution in [3.63, 3.8) is 0 Å². The highest BCUT2D eigenvalue weighted by Crippen LogP contribution is 2.11. The molecule has 8 N–H and O–H groups in total. The third-order valence-electron chi connectivity index (χ3n) is 4.76. The fourth-order valence-corrected chi connectivity index (χ4v) is 3.65. The highest BCUT2D eigenvalue weighted by atomic mass is 35.5. The van der Waals surface area contributed by atoms with E-state index in [1.54, 1.807) is 35.4 Å². The van der Waals surface area contributed by atoms with Crippen molar-refractivity contribution in [2.75, 3.05) is 23.1 Å². The molecule has 2 atom stereocenters. The first-order valence-corrected chi connectivity index (χ1v) is 13.1. The number of pyridine rings is 2. The summed E-state index contributed by atoms with van der Waals surface area (Å²) in [5.41, 5.74) is 10.6. The SMILES string of the molecule is Cc1c(O)c(=O)ccn1CCCl.Cc1c(O)c(=O)ccn1CCSC[C@H](N)C(=O)O.N[C@@H](CS)C(=O)O.[HH].[HH].[HH]. The van der Waals surface area contributed by atoms with Gasteiger partial charge < -0.3 is 41.0 Å². The lowest BCUT2D eigenvalue weighted by Crippen LogP contribution is -2.32. The van der Waals surface area contributed by atoms with E-state index in [1.807, 2.05) is 0 Å². The van der Waals surface area contributed by atoms with Crippen LogP contribution < -0.4 is 22.3 Å². The van der Waals surface area contributed by atoms with Crippen LogP contribution in [0.4, 0.5) is 0 Å². The number of rotatable bonds is 10. The van der Waals surface area contributed by atoms with E-state index < -0.39 is 29.5 Å². The van der Waals surface area contributed by atoms with Gasteiger partial charge in [0.25, 0.3) is 0 Å². The minimum atomic E-state index is -1.01. The zero-order chi connectivity index (χ0) is 28.7. The molecule has 2 aromatic heterocycles. The molecule has 0 unspecified atom stereocenters. The van der Waals surface area contributed by atoms with Gasteiger partial charge in [0.2, 0.25) is 10.9 Å². The predicted octanol–water partition coefficient (Wildman–Crippen LogP) is 1.17. The molecular formula is C22H39ClN4O8S2. The lowest BCUT2D eigenvalue weighted by molar-refractivity contribution is -0.138. The molecule has 0 radical (unpaired) electrons. The summed E-state index contributed by atoms with van der Waals surface area (Å²) in [5, 5.41) is 35.3. The lowest BCUT2D eigenvalue weighted by Gasteiger charge is -2.11. The van der Waals surface area contributed by atoms with Crippen LogP contribution in [0.1, 0.15) is 15.7 Å². The number of aryl methyl sites for hydroxylation is 2. The Morgan fingerprint density at radius 2 is 1.41 bits per heavy atom. The number of aliphatic carboxylic acids is 2. The Kier molecular flexibility index (Phi) is 16.5. The van der Waals surface area contributed by atoms with Gasteiger partial charge in [0.1, 0.15) is 12.1 Å². The number of nitrogens with two attached hydrogens (primary N) is 2. The molecule has 214 valence electrons. The molecule has 15 heteroatoms. The van der Waals surface area contributed by atoms with Gasteiger partial charge in [-0.15, -0.1) is 11.6 Å². The van der Waals surface area contributed by atoms with Crippen molar-refractivity contribution in [3.8, 4) is 11.5 Å². The van der Waals surface area contributed by atoms with E-state index in [-0.39, 0.29) is 27.0 Å². The number of alkyl halides is 1. The number of aromatic hydroxyl groups is 2. The molecule has 0 aliphatic heterocycles. The molecule has 0 saturated carbocycles. The van der Waals surface area contributed by atoms with E-state index in [0.29, 0.717) is 41.9 Å². The maximum absolute atomic E-state index is 11.1. The van der Waals surface area contributed by atoms with Gasteiger partial charge in [-0.1, -0.05) is 0 Å². The third kappa shape index (κ3) is 12.4. The molecule has 0 aliphatic carbocycles. The first-order chi connectivity index (χ1) is 17.3. The van der Waals surface area contributed by atoms with Gasteiger partial charge in [-0.2, -0.15) is 24.4 Å². The summed E-state index contributed by atoms with van der Waals surface area (Å²) in [6.45, 7) is 4.52. The van der Waals surface area contributed by atoms with Crippen LogP contribution in [0.2, 0.25) is 0 Å². The maximum atomic E-state index is 11.1. The highest BCUT2D eigenvalue weighted by molar-refractivity contribution is 7.99. The molecule has 0 aromatic carbocycles. The number of halogens is 1. The number of hydrogen-bond acceptors (Lipinski definition) is 10. The molecule has 0 spiro atoms. The van der Waals surface area contributed by atoms with E-state index in [4.69, 9.17) is 33.3 Å². The van der Waals surface area contributed by atoms with Gasteiger partial charge in [-0.05, 0) is 13.8 Å². The molecule has 0 saturated heterocycles. The van der Waals surface area contributed by atoms with Crippen LogP contribution in [-0.4, -0.2) is 76.7 Å². The number of nitrogens with zero attached hydrogens (tertiary/aromatic N) is 2. The van der Waals surface area contributed by atoms with E-state index >= 15 is 0 Å². The number of hydrogen-bond donors (Lipinski definition) is 7. The van der Waals surface area contributed by atoms with Crippen molar-refractivity contribution in [1.29, 1.82) is 0 Å². The summed E-state index contributed by atoms with van der Waals surface area (Å²) in [7, 11) is 0. The van der Waals surface area contributed by atoms with Crippen molar-refractivity contribution in [2.24, 2.45) is 11.5 Å². The Morgan fingerprint density at radius 3 is 1.76 bits per heavy atom. The van der Waals surface area contributed by atoms with Crippen LogP contribution >= 0.6 is 36.0 Å². The molecule has 0 bridgehead atoms. The lowest BCUT2D eigenvalue weighted by atomic mass is 10.3. The molecule has 37 heavy (non-hydrogen) atoms. The van der Waals surface area contributed by atoms with Crippen LogP contribution in [0.3, 0.4) is 0 Å². The van der Waals surface area contributed by atoms with Crippen LogP contribution in [-0.2, 0) is 22.7 Å². The zero-order valence-corrected chi connectivity index (χ0v) is 22.9. The van der Waals surface area contributed by atoms with Gasteiger partial charge in [-0.25, -0.2) is 0 Å². The first kappa shape index (κ1) is 34.4. The van der Waals surface area contributed by atoms with Crippen LogP contribution in [0.25, 0.3) is 0 Å². The number of carbonyl (C=O) groups is 2. The highest BCUT2D eigenvalue weighted by Gasteiger charge is 2.11. The second kappa shape index (κ2) is 17.7. The number of carboxylic acid groups (broad SMARTS) is 2. The summed E-state index contributed by atoms with van der Waals surface area (Å²) in [6, 6.07) is 0.951. The molecule has 2 rings (SSSR count). The van der Waals surface area contributed by atoms with Crippen LogP contribution in [0, 0.1) is 13.8 Å². The van der Waals surface area contributed by atoms with E-state index in [2.05, 4.69) is 12.6 Å². The van der Waals surface area contributed by atoms with Crippen molar-refractivity contribution < 1.29 is 34.3 Å². The monoisotopic (exact) mass is 586 g/mol. The van der Waals surface area contributed by atoms with Gasteiger partial charge in [0.15, 0.2) is 11.5 Å².